The predicted molar refractivity (Wildman–Crippen MR) is 279 cm³/mol. The van der Waals surface area contributed by atoms with Crippen molar-refractivity contribution in [1.82, 2.24) is 0 Å². The molecule has 0 heterocycles. The van der Waals surface area contributed by atoms with Gasteiger partial charge in [0.2, 0.25) is 0 Å². The monoisotopic (exact) mass is 905 g/mol. The second kappa shape index (κ2) is 53.2. The van der Waals surface area contributed by atoms with E-state index in [2.05, 4.69) is 106 Å². The van der Waals surface area contributed by atoms with Crippen LogP contribution in [0.4, 0.5) is 0 Å². The van der Waals surface area contributed by atoms with E-state index in [9.17, 15) is 14.4 Å². The highest BCUT2D eigenvalue weighted by atomic mass is 16.6. The first kappa shape index (κ1) is 61.6. The smallest absolute Gasteiger partial charge is 0.306 e. The van der Waals surface area contributed by atoms with Crippen LogP contribution in [0, 0.1) is 0 Å². The number of carbonyl (C=O) groups is 3. The molecule has 372 valence electrons. The minimum Gasteiger partial charge on any atom is -0.462 e. The van der Waals surface area contributed by atoms with E-state index in [4.69, 9.17) is 14.2 Å². The van der Waals surface area contributed by atoms with Crippen molar-refractivity contribution in [1.29, 1.82) is 0 Å². The maximum absolute atomic E-state index is 12.8. The molecule has 0 aromatic carbocycles. The summed E-state index contributed by atoms with van der Waals surface area (Å²) < 4.78 is 16.8. The molecule has 0 spiro atoms. The topological polar surface area (TPSA) is 78.9 Å². The zero-order valence-electron chi connectivity index (χ0n) is 42.5. The van der Waals surface area contributed by atoms with Crippen LogP contribution in [-0.4, -0.2) is 37.2 Å². The molecule has 0 aromatic heterocycles. The maximum Gasteiger partial charge on any atom is 0.306 e. The summed E-state index contributed by atoms with van der Waals surface area (Å²) in [6.07, 6.45) is 68.5. The Labute approximate surface area is 401 Å². The van der Waals surface area contributed by atoms with Crippen LogP contribution >= 0.6 is 0 Å². The van der Waals surface area contributed by atoms with Gasteiger partial charge in [-0.05, 0) is 116 Å². The Morgan fingerprint density at radius 1 is 0.323 bits per heavy atom. The van der Waals surface area contributed by atoms with Gasteiger partial charge in [0, 0.05) is 19.3 Å². The lowest BCUT2D eigenvalue weighted by atomic mass is 10.1. The number of hydrogen-bond acceptors (Lipinski definition) is 6. The third-order valence-electron chi connectivity index (χ3n) is 11.4. The lowest BCUT2D eigenvalue weighted by molar-refractivity contribution is -0.167. The molecule has 0 rings (SSSR count). The van der Waals surface area contributed by atoms with Gasteiger partial charge < -0.3 is 14.2 Å². The lowest BCUT2D eigenvalue weighted by Crippen LogP contribution is -2.30. The SMILES string of the molecule is CC/C=C\C/C=C\C/C=C\CCCCCCCC(=O)OC[C@H](COC(=O)CCCCCC/C=C\C/C=C\C/C=C\CCCCC)OC(=O)CCCCCCCCC/C=C\CCCCCC. The molecule has 0 fully saturated rings. The molecule has 0 aliphatic rings. The van der Waals surface area contributed by atoms with Gasteiger partial charge >= 0.3 is 17.9 Å². The Kier molecular flexibility index (Phi) is 50.4. The Bertz CT molecular complexity index is 1270. The summed E-state index contributed by atoms with van der Waals surface area (Å²) in [6, 6.07) is 0. The van der Waals surface area contributed by atoms with E-state index in [1.807, 2.05) is 0 Å². The molecule has 0 bridgehead atoms. The first-order chi connectivity index (χ1) is 32.0. The predicted octanol–water partition coefficient (Wildman–Crippen LogP) is 18.0. The largest absolute Gasteiger partial charge is 0.462 e. The van der Waals surface area contributed by atoms with Crippen LogP contribution in [0.3, 0.4) is 0 Å². The second-order valence-electron chi connectivity index (χ2n) is 17.7. The quantitative estimate of drug-likeness (QED) is 0.0262. The summed E-state index contributed by atoms with van der Waals surface area (Å²) in [4.78, 5) is 38.1. The van der Waals surface area contributed by atoms with E-state index in [1.54, 1.807) is 0 Å². The average molecular weight is 905 g/mol. The zero-order valence-corrected chi connectivity index (χ0v) is 42.5. The normalized spacial score (nSPS) is 12.7. The van der Waals surface area contributed by atoms with Crippen molar-refractivity contribution in [2.24, 2.45) is 0 Å². The molecule has 0 unspecified atom stereocenters. The Balaban J connectivity index is 4.46. The van der Waals surface area contributed by atoms with Crippen molar-refractivity contribution in [3.05, 3.63) is 85.1 Å². The van der Waals surface area contributed by atoms with Crippen LogP contribution in [0.15, 0.2) is 85.1 Å². The molecule has 0 radical (unpaired) electrons. The minimum atomic E-state index is -0.795. The van der Waals surface area contributed by atoms with E-state index in [0.29, 0.717) is 19.3 Å². The average Bonchev–Trinajstić information content (AvgIpc) is 3.30. The van der Waals surface area contributed by atoms with Crippen molar-refractivity contribution in [3.63, 3.8) is 0 Å². The molecule has 65 heavy (non-hydrogen) atoms. The zero-order chi connectivity index (χ0) is 47.2. The number of rotatable bonds is 48. The minimum absolute atomic E-state index is 0.0949. The highest BCUT2D eigenvalue weighted by Gasteiger charge is 2.19. The molecule has 0 aliphatic heterocycles. The summed E-state index contributed by atoms with van der Waals surface area (Å²) in [5.41, 5.74) is 0. The molecule has 0 amide bonds. The van der Waals surface area contributed by atoms with Gasteiger partial charge in [-0.1, -0.05) is 202 Å². The Hall–Kier alpha value is -3.41. The van der Waals surface area contributed by atoms with Gasteiger partial charge in [0.25, 0.3) is 0 Å². The summed E-state index contributed by atoms with van der Waals surface area (Å²) in [6.45, 7) is 6.45. The highest BCUT2D eigenvalue weighted by molar-refractivity contribution is 5.71. The summed E-state index contributed by atoms with van der Waals surface area (Å²) >= 11 is 0. The molecule has 0 saturated heterocycles. The third-order valence-corrected chi connectivity index (χ3v) is 11.4. The van der Waals surface area contributed by atoms with E-state index in [0.717, 1.165) is 122 Å². The number of hydrogen-bond donors (Lipinski definition) is 0. The molecule has 6 nitrogen and oxygen atoms in total. The maximum atomic E-state index is 12.8. The lowest BCUT2D eigenvalue weighted by Gasteiger charge is -2.18. The number of carbonyl (C=O) groups excluding carboxylic acids is 3. The van der Waals surface area contributed by atoms with Gasteiger partial charge in [0.15, 0.2) is 6.10 Å². The highest BCUT2D eigenvalue weighted by Crippen LogP contribution is 2.14. The number of allylic oxidation sites excluding steroid dienone is 14. The standard InChI is InChI=1S/C59H100O6/c1-4-7-10-13-16-19-22-25-28-29-32-34-37-40-43-46-49-52-58(61)64-55-56(65-59(62)53-50-47-44-41-38-35-31-27-24-21-18-15-12-9-6-3)54-63-57(60)51-48-45-42-39-36-33-30-26-23-20-17-14-11-8-5-2/h8,11,16-17,19-21,24-26,28,30,32,34,56H,4-7,9-10,12-15,18,22-23,27,29,31,33,35-55H2,1-3H3/b11-8-,19-16-,20-17-,24-21-,28-25-,30-26-,34-32-/t56-/m1/s1. The summed E-state index contributed by atoms with van der Waals surface area (Å²) in [5.74, 6) is -0.935. The Morgan fingerprint density at radius 3 is 0.985 bits per heavy atom. The molecule has 0 saturated carbocycles. The van der Waals surface area contributed by atoms with E-state index >= 15 is 0 Å². The van der Waals surface area contributed by atoms with Gasteiger partial charge in [-0.2, -0.15) is 0 Å². The summed E-state index contributed by atoms with van der Waals surface area (Å²) in [5, 5.41) is 0. The van der Waals surface area contributed by atoms with E-state index in [1.165, 1.54) is 89.9 Å². The van der Waals surface area contributed by atoms with Gasteiger partial charge in [0.1, 0.15) is 13.2 Å². The van der Waals surface area contributed by atoms with Crippen LogP contribution in [0.1, 0.15) is 252 Å². The van der Waals surface area contributed by atoms with Gasteiger partial charge in [-0.25, -0.2) is 0 Å². The van der Waals surface area contributed by atoms with E-state index in [-0.39, 0.29) is 31.1 Å². The van der Waals surface area contributed by atoms with Gasteiger partial charge in [-0.3, -0.25) is 14.4 Å². The van der Waals surface area contributed by atoms with Crippen molar-refractivity contribution < 1.29 is 28.6 Å². The van der Waals surface area contributed by atoms with E-state index < -0.39 is 6.10 Å². The fourth-order valence-electron chi connectivity index (χ4n) is 7.28. The fraction of sp³-hybridized carbons (Fsp3) is 0.712. The number of ether oxygens (including phenoxy) is 3. The fourth-order valence-corrected chi connectivity index (χ4v) is 7.28. The van der Waals surface area contributed by atoms with Crippen molar-refractivity contribution >= 4 is 17.9 Å². The van der Waals surface area contributed by atoms with Gasteiger partial charge in [0.05, 0.1) is 0 Å². The van der Waals surface area contributed by atoms with Crippen molar-refractivity contribution in [2.75, 3.05) is 13.2 Å². The molecule has 1 atom stereocenters. The van der Waals surface area contributed by atoms with Gasteiger partial charge in [-0.15, -0.1) is 0 Å². The molecule has 0 N–H and O–H groups in total. The van der Waals surface area contributed by atoms with Crippen LogP contribution in [0.25, 0.3) is 0 Å². The van der Waals surface area contributed by atoms with Crippen molar-refractivity contribution in [2.45, 2.75) is 258 Å². The summed E-state index contributed by atoms with van der Waals surface area (Å²) in [7, 11) is 0. The molecular formula is C59H100O6. The van der Waals surface area contributed by atoms with Crippen LogP contribution in [0.2, 0.25) is 0 Å². The first-order valence-corrected chi connectivity index (χ1v) is 27.1. The van der Waals surface area contributed by atoms with Crippen molar-refractivity contribution in [3.8, 4) is 0 Å². The molecule has 0 aliphatic carbocycles. The molecular weight excluding hydrogens is 805 g/mol. The third kappa shape index (κ3) is 51.4. The van der Waals surface area contributed by atoms with Crippen LogP contribution in [0.5, 0.6) is 0 Å². The molecule has 0 aromatic rings. The Morgan fingerprint density at radius 2 is 0.600 bits per heavy atom. The number of unbranched alkanes of at least 4 members (excludes halogenated alkanes) is 23. The second-order valence-corrected chi connectivity index (χ2v) is 17.7. The van der Waals surface area contributed by atoms with Crippen LogP contribution in [-0.2, 0) is 28.6 Å². The van der Waals surface area contributed by atoms with Crippen LogP contribution < -0.4 is 0 Å². The number of esters is 3. The molecule has 6 heteroatoms. The first-order valence-electron chi connectivity index (χ1n) is 27.1.